The first-order valence-electron chi connectivity index (χ1n) is 44.1. The van der Waals surface area contributed by atoms with Crippen molar-refractivity contribution < 1.29 is 40.2 Å². The van der Waals surface area contributed by atoms with Crippen molar-refractivity contribution in [3.8, 4) is 123 Å². The van der Waals surface area contributed by atoms with Gasteiger partial charge in [-0.05, 0) is 158 Å². The van der Waals surface area contributed by atoms with Gasteiger partial charge in [0.25, 0.3) is 0 Å². The molecule has 0 atom stereocenters. The van der Waals surface area contributed by atoms with Crippen LogP contribution in [0.2, 0.25) is 0 Å². The van der Waals surface area contributed by atoms with Gasteiger partial charge in [-0.2, -0.15) is 0 Å². The van der Waals surface area contributed by atoms with Crippen molar-refractivity contribution in [1.29, 1.82) is 0 Å². The van der Waals surface area contributed by atoms with E-state index in [0.29, 0.717) is 0 Å². The summed E-state index contributed by atoms with van der Waals surface area (Å²) in [5.74, 6) is 0. The summed E-state index contributed by atoms with van der Waals surface area (Å²) in [7, 11) is 0. The first-order chi connectivity index (χ1) is 65.6. The van der Waals surface area contributed by atoms with Crippen molar-refractivity contribution in [2.45, 2.75) is 27.7 Å². The zero-order chi connectivity index (χ0) is 90.0. The van der Waals surface area contributed by atoms with E-state index >= 15 is 0 Å². The Hall–Kier alpha value is -15.8. The minimum atomic E-state index is 0. The van der Waals surface area contributed by atoms with Gasteiger partial charge >= 0.3 is 0 Å². The van der Waals surface area contributed by atoms with Crippen LogP contribution < -0.4 is 0 Å². The van der Waals surface area contributed by atoms with Gasteiger partial charge in [0.05, 0.1) is 45.3 Å². The quantitative estimate of drug-likeness (QED) is 0.0912. The van der Waals surface area contributed by atoms with E-state index in [9.17, 15) is 0 Å². The van der Waals surface area contributed by atoms with E-state index in [1.165, 1.54) is 92.1 Å². The molecule has 0 bridgehead atoms. The van der Waals surface area contributed by atoms with Crippen LogP contribution in [0.3, 0.4) is 0 Å². The normalized spacial score (nSPS) is 10.7. The molecule has 2 radical (unpaired) electrons. The van der Waals surface area contributed by atoms with Gasteiger partial charge in [0.1, 0.15) is 12.7 Å². The Bertz CT molecular complexity index is 7720. The molecule has 8 heterocycles. The molecule has 0 aliphatic heterocycles. The van der Waals surface area contributed by atoms with Crippen molar-refractivity contribution in [3.05, 3.63) is 497 Å². The van der Waals surface area contributed by atoms with E-state index in [4.69, 9.17) is 9.97 Å². The molecule has 0 N–H and O–H groups in total. The fraction of sp³-hybridized carbons (Fsp3) is 0.0328. The van der Waals surface area contributed by atoms with Crippen LogP contribution in [0.4, 0.5) is 0 Å². The number of aryl methyl sites for hydroxylation is 4. The van der Waals surface area contributed by atoms with Crippen LogP contribution >= 0.6 is 11.3 Å². The molecular formula is C122H86Ir2N10S-4. The number of benzene rings is 16. The molecule has 24 aromatic rings. The SMILES string of the molecule is Cc1cnc(-c2[c-]cccc2)cc1C.Cc1cnc(-c2[c-]cccc2)cc1C.[Ir].[Ir].[c-]1ccccc1-c1cc(-c2ccccc2)ncn1.[c-]1ccccc1-c1cc(-c2ccccc2)ncn1.c1cc(-c2cccc(-c3cccc4c3sc3ccccc34)c2)cc(-c2cnc3c4ccccc4c4ccccc4c3n2)c1.c1ccc(-c2ccnc3c2ccc2c(-c4ccccc4)ccnc23)cc1. The van der Waals surface area contributed by atoms with E-state index in [0.717, 1.165) is 128 Å². The molecule has 10 nitrogen and oxygen atoms in total. The molecule has 16 aromatic carbocycles. The van der Waals surface area contributed by atoms with E-state index in [-0.39, 0.29) is 40.2 Å². The van der Waals surface area contributed by atoms with Crippen molar-refractivity contribution in [2.24, 2.45) is 0 Å². The summed E-state index contributed by atoms with van der Waals surface area (Å²) in [5.41, 5.74) is 32.2. The molecule has 0 saturated heterocycles. The van der Waals surface area contributed by atoms with Crippen molar-refractivity contribution >= 4 is 85.9 Å². The standard InChI is InChI=1S/C40H24N2S.C24H16N2.2C16H11N2.2C13H12N.2Ir/c1-3-17-33-30(14-1)31-15-2-4-18-34(31)39-38(33)41-24-36(42-39)28-13-8-11-26(23-28)25-10-7-12-27(22-25)29-19-9-20-35-32-16-5-6-21-37(32)43-40(29)35;1-3-7-17(8-4-1)19-13-15-25-23-21(19)11-12-22-20(14-16-26-24(22)23)18-9-5-2-6-10-18;2*1-3-7-13(8-4-1)15-11-16(18-12-17-15)14-9-5-2-6-10-14;2*1-10-8-13(14-9-11(10)2)12-6-4-3-5-7-12;;/h1-24H;1-16H;2*1-9,11-12H;2*3-6,8-9H,1-2H3;;/q;;4*-1;;. The zero-order valence-electron chi connectivity index (χ0n) is 74.3. The van der Waals surface area contributed by atoms with Gasteiger partial charge in [-0.25, -0.2) is 15.0 Å². The Morgan fingerprint density at radius 2 is 0.563 bits per heavy atom. The number of rotatable bonds is 11. The van der Waals surface area contributed by atoms with Crippen LogP contribution in [0.25, 0.3) is 198 Å². The van der Waals surface area contributed by atoms with Crippen LogP contribution in [-0.4, -0.2) is 49.8 Å². The van der Waals surface area contributed by atoms with Crippen LogP contribution in [-0.2, 0) is 40.2 Å². The monoisotopic (exact) mass is 2110 g/mol. The molecule has 0 aliphatic rings. The number of nitrogens with zero attached hydrogens (tertiary/aromatic N) is 10. The van der Waals surface area contributed by atoms with Gasteiger partial charge in [0.2, 0.25) is 0 Å². The number of hydrogen-bond acceptors (Lipinski definition) is 11. The number of fused-ring (bicyclic) bond motifs is 12. The summed E-state index contributed by atoms with van der Waals surface area (Å²) in [6.45, 7) is 8.34. The van der Waals surface area contributed by atoms with E-state index in [1.807, 2.05) is 224 Å². The van der Waals surface area contributed by atoms with Crippen LogP contribution in [0.15, 0.2) is 450 Å². The molecule has 0 unspecified atom stereocenters. The minimum Gasteiger partial charge on any atom is -0.304 e. The number of aromatic nitrogens is 10. The third kappa shape index (κ3) is 21.1. The molecular weight excluding hydrogens is 2020 g/mol. The summed E-state index contributed by atoms with van der Waals surface area (Å²) >= 11 is 1.87. The molecule has 0 spiro atoms. The summed E-state index contributed by atoms with van der Waals surface area (Å²) in [6, 6.07) is 152. The van der Waals surface area contributed by atoms with Crippen LogP contribution in [0, 0.1) is 52.0 Å². The molecule has 8 aromatic heterocycles. The summed E-state index contributed by atoms with van der Waals surface area (Å²) in [5, 5.41) is 9.58. The molecule has 0 saturated carbocycles. The third-order valence-electron chi connectivity index (χ3n) is 23.4. The molecule has 135 heavy (non-hydrogen) atoms. The van der Waals surface area contributed by atoms with Crippen LogP contribution in [0.1, 0.15) is 22.3 Å². The maximum atomic E-state index is 5.22. The average Bonchev–Trinajstić information content (AvgIpc) is 1.19. The molecule has 0 aliphatic carbocycles. The van der Waals surface area contributed by atoms with Crippen LogP contribution in [0.5, 0.6) is 0 Å². The average molecular weight is 2110 g/mol. The second-order valence-electron chi connectivity index (χ2n) is 32.0. The maximum absolute atomic E-state index is 5.22. The number of hydrogen-bond donors (Lipinski definition) is 0. The Balaban J connectivity index is 0.000000119. The van der Waals surface area contributed by atoms with Gasteiger partial charge in [-0.3, -0.25) is 24.9 Å². The van der Waals surface area contributed by atoms with Gasteiger partial charge in [0.15, 0.2) is 0 Å². The molecule has 0 fully saturated rings. The fourth-order valence-corrected chi connectivity index (χ4v) is 17.6. The Kier molecular flexibility index (Phi) is 29.3. The predicted molar refractivity (Wildman–Crippen MR) is 551 cm³/mol. The second kappa shape index (κ2) is 43.5. The summed E-state index contributed by atoms with van der Waals surface area (Å²) < 4.78 is 2.66. The first-order valence-corrected chi connectivity index (χ1v) is 44.9. The minimum absolute atomic E-state index is 0. The van der Waals surface area contributed by atoms with Crippen molar-refractivity contribution in [2.75, 3.05) is 0 Å². The van der Waals surface area contributed by atoms with Crippen molar-refractivity contribution in [1.82, 2.24) is 49.8 Å². The number of thiophene rings is 1. The molecule has 0 amide bonds. The summed E-state index contributed by atoms with van der Waals surface area (Å²) in [6.07, 6.45) is 12.7. The Labute approximate surface area is 816 Å². The molecule has 652 valence electrons. The predicted octanol–water partition coefficient (Wildman–Crippen LogP) is 31.0. The van der Waals surface area contributed by atoms with Gasteiger partial charge < -0.3 is 9.97 Å². The summed E-state index contributed by atoms with van der Waals surface area (Å²) in [4.78, 5) is 45.5. The zero-order valence-corrected chi connectivity index (χ0v) is 79.9. The Morgan fingerprint density at radius 1 is 0.207 bits per heavy atom. The van der Waals surface area contributed by atoms with Gasteiger partial charge in [-0.1, -0.05) is 290 Å². The van der Waals surface area contributed by atoms with Crippen molar-refractivity contribution in [3.63, 3.8) is 0 Å². The third-order valence-corrected chi connectivity index (χ3v) is 24.7. The van der Waals surface area contributed by atoms with E-state index < -0.39 is 0 Å². The Morgan fingerprint density at radius 3 is 1.01 bits per heavy atom. The van der Waals surface area contributed by atoms with E-state index in [1.54, 1.807) is 12.7 Å². The van der Waals surface area contributed by atoms with Gasteiger partial charge in [-0.15, -0.1) is 155 Å². The largest absolute Gasteiger partial charge is 0.304 e. The number of pyridine rings is 4. The molecule has 24 rings (SSSR count). The van der Waals surface area contributed by atoms with Gasteiger partial charge in [0, 0.05) is 112 Å². The molecule has 13 heteroatoms. The first kappa shape index (κ1) is 91.1. The topological polar surface area (TPSA) is 129 Å². The van der Waals surface area contributed by atoms with E-state index in [2.05, 4.69) is 316 Å². The second-order valence-corrected chi connectivity index (χ2v) is 33.1. The maximum Gasteiger partial charge on any atom is 0.106 e. The smallest absolute Gasteiger partial charge is 0.106 e. The fourth-order valence-electron chi connectivity index (χ4n) is 16.3.